The van der Waals surface area contributed by atoms with Crippen molar-refractivity contribution in [2.75, 3.05) is 5.33 Å². The van der Waals surface area contributed by atoms with Crippen molar-refractivity contribution in [1.82, 2.24) is 4.90 Å². The molecule has 1 unspecified atom stereocenters. The number of rotatable bonds is 6. The van der Waals surface area contributed by atoms with Crippen molar-refractivity contribution in [3.8, 4) is 0 Å². The van der Waals surface area contributed by atoms with Crippen LogP contribution in [0.1, 0.15) is 65.2 Å². The molecule has 1 rings (SSSR count). The molecule has 0 spiro atoms. The third-order valence-corrected chi connectivity index (χ3v) is 4.34. The second kappa shape index (κ2) is 8.12. The van der Waals surface area contributed by atoms with E-state index in [0.717, 1.165) is 19.3 Å². The first-order chi connectivity index (χ1) is 8.24. The molecule has 0 aromatic carbocycles. The molecule has 0 radical (unpaired) electrons. The van der Waals surface area contributed by atoms with E-state index >= 15 is 0 Å². The summed E-state index contributed by atoms with van der Waals surface area (Å²) < 4.78 is 0. The lowest BCUT2D eigenvalue weighted by molar-refractivity contribution is -0.134. The molecule has 1 saturated carbocycles. The Morgan fingerprint density at radius 1 is 1.29 bits per heavy atom. The standard InChI is InChI=1S/C14H26BrNO/c1-3-8-12(4-2)16(14(17)11-15)13-9-6-5-7-10-13/h12-13H,3-11H2,1-2H3. The van der Waals surface area contributed by atoms with E-state index in [1.54, 1.807) is 0 Å². The predicted octanol–water partition coefficient (Wildman–Crippen LogP) is 4.12. The molecule has 0 heterocycles. The van der Waals surface area contributed by atoms with Gasteiger partial charge in [-0.2, -0.15) is 0 Å². The van der Waals surface area contributed by atoms with Gasteiger partial charge >= 0.3 is 0 Å². The Kier molecular flexibility index (Phi) is 7.17. The third-order valence-electron chi connectivity index (χ3n) is 3.86. The van der Waals surface area contributed by atoms with E-state index in [1.165, 1.54) is 32.1 Å². The molecular weight excluding hydrogens is 278 g/mol. The van der Waals surface area contributed by atoms with Crippen molar-refractivity contribution in [1.29, 1.82) is 0 Å². The van der Waals surface area contributed by atoms with Gasteiger partial charge < -0.3 is 4.90 Å². The first kappa shape index (κ1) is 15.0. The lowest BCUT2D eigenvalue weighted by atomic mass is 9.92. The molecule has 0 bridgehead atoms. The zero-order valence-electron chi connectivity index (χ0n) is 11.3. The molecule has 1 aliphatic carbocycles. The van der Waals surface area contributed by atoms with Gasteiger partial charge in [-0.25, -0.2) is 0 Å². The molecule has 1 atom stereocenters. The number of carbonyl (C=O) groups is 1. The van der Waals surface area contributed by atoms with Gasteiger partial charge in [-0.1, -0.05) is 55.5 Å². The maximum atomic E-state index is 12.2. The average Bonchev–Trinajstić information content (AvgIpc) is 2.39. The maximum Gasteiger partial charge on any atom is 0.233 e. The number of hydrogen-bond donors (Lipinski definition) is 0. The van der Waals surface area contributed by atoms with Gasteiger partial charge in [0.2, 0.25) is 5.91 Å². The van der Waals surface area contributed by atoms with E-state index < -0.39 is 0 Å². The van der Waals surface area contributed by atoms with Crippen LogP contribution >= 0.6 is 15.9 Å². The number of halogens is 1. The van der Waals surface area contributed by atoms with Crippen molar-refractivity contribution in [3.63, 3.8) is 0 Å². The van der Waals surface area contributed by atoms with Crippen LogP contribution in [0.2, 0.25) is 0 Å². The highest BCUT2D eigenvalue weighted by molar-refractivity contribution is 9.09. The topological polar surface area (TPSA) is 20.3 Å². The number of nitrogens with zero attached hydrogens (tertiary/aromatic N) is 1. The van der Waals surface area contributed by atoms with Gasteiger partial charge in [0.1, 0.15) is 0 Å². The Hall–Kier alpha value is -0.0500. The summed E-state index contributed by atoms with van der Waals surface area (Å²) in [6.45, 7) is 4.41. The molecule has 1 fully saturated rings. The van der Waals surface area contributed by atoms with Crippen LogP contribution in [-0.2, 0) is 4.79 Å². The third kappa shape index (κ3) is 4.27. The number of alkyl halides is 1. The molecular formula is C14H26BrNO. The molecule has 3 heteroatoms. The number of amides is 1. The Morgan fingerprint density at radius 3 is 2.41 bits per heavy atom. The zero-order chi connectivity index (χ0) is 12.7. The second-order valence-corrected chi connectivity index (χ2v) is 5.64. The Morgan fingerprint density at radius 2 is 1.94 bits per heavy atom. The summed E-state index contributed by atoms with van der Waals surface area (Å²) in [5.41, 5.74) is 0. The molecule has 100 valence electrons. The van der Waals surface area contributed by atoms with E-state index in [-0.39, 0.29) is 5.91 Å². The van der Waals surface area contributed by atoms with Crippen molar-refractivity contribution >= 4 is 21.8 Å². The average molecular weight is 304 g/mol. The lowest BCUT2D eigenvalue weighted by Crippen LogP contribution is -2.48. The minimum absolute atomic E-state index is 0.289. The Bertz CT molecular complexity index is 222. The molecule has 0 aliphatic heterocycles. The van der Waals surface area contributed by atoms with Crippen LogP contribution in [0.4, 0.5) is 0 Å². The van der Waals surface area contributed by atoms with Gasteiger partial charge in [0.25, 0.3) is 0 Å². The van der Waals surface area contributed by atoms with Crippen LogP contribution in [0.3, 0.4) is 0 Å². The van der Waals surface area contributed by atoms with Gasteiger partial charge in [0.15, 0.2) is 0 Å². The smallest absolute Gasteiger partial charge is 0.233 e. The zero-order valence-corrected chi connectivity index (χ0v) is 12.8. The summed E-state index contributed by atoms with van der Waals surface area (Å²) in [6.07, 6.45) is 9.74. The molecule has 1 amide bonds. The lowest BCUT2D eigenvalue weighted by Gasteiger charge is -2.39. The summed E-state index contributed by atoms with van der Waals surface area (Å²) in [4.78, 5) is 14.4. The Balaban J connectivity index is 2.72. The van der Waals surface area contributed by atoms with Crippen LogP contribution in [0, 0.1) is 0 Å². The van der Waals surface area contributed by atoms with Crippen LogP contribution in [-0.4, -0.2) is 28.2 Å². The van der Waals surface area contributed by atoms with E-state index in [1.807, 2.05) is 0 Å². The summed E-state index contributed by atoms with van der Waals surface area (Å²) in [5, 5.41) is 0.476. The first-order valence-corrected chi connectivity index (χ1v) is 8.23. The van der Waals surface area contributed by atoms with Crippen LogP contribution < -0.4 is 0 Å². The largest absolute Gasteiger partial charge is 0.336 e. The first-order valence-electron chi connectivity index (χ1n) is 7.11. The van der Waals surface area contributed by atoms with Crippen LogP contribution in [0.25, 0.3) is 0 Å². The van der Waals surface area contributed by atoms with E-state index in [9.17, 15) is 4.79 Å². The van der Waals surface area contributed by atoms with Crippen LogP contribution in [0.15, 0.2) is 0 Å². The monoisotopic (exact) mass is 303 g/mol. The van der Waals surface area contributed by atoms with Gasteiger partial charge in [0, 0.05) is 12.1 Å². The quantitative estimate of drug-likeness (QED) is 0.676. The fourth-order valence-corrected chi connectivity index (χ4v) is 3.30. The van der Waals surface area contributed by atoms with Crippen molar-refractivity contribution in [3.05, 3.63) is 0 Å². The molecule has 0 N–H and O–H groups in total. The highest BCUT2D eigenvalue weighted by Crippen LogP contribution is 2.27. The molecule has 0 aromatic rings. The fourth-order valence-electron chi connectivity index (χ4n) is 3.01. The number of carbonyl (C=O) groups excluding carboxylic acids is 1. The molecule has 17 heavy (non-hydrogen) atoms. The summed E-state index contributed by atoms with van der Waals surface area (Å²) in [5.74, 6) is 0.289. The Labute approximate surface area is 114 Å². The number of hydrogen-bond acceptors (Lipinski definition) is 1. The van der Waals surface area contributed by atoms with Gasteiger partial charge in [0.05, 0.1) is 5.33 Å². The van der Waals surface area contributed by atoms with Gasteiger partial charge in [-0.15, -0.1) is 0 Å². The molecule has 2 nitrogen and oxygen atoms in total. The summed E-state index contributed by atoms with van der Waals surface area (Å²) in [7, 11) is 0. The maximum absolute atomic E-state index is 12.2. The SMILES string of the molecule is CCCC(CC)N(C(=O)CBr)C1CCCCC1. The normalized spacial score (nSPS) is 19.0. The van der Waals surface area contributed by atoms with Crippen LogP contribution in [0.5, 0.6) is 0 Å². The highest BCUT2D eigenvalue weighted by atomic mass is 79.9. The van der Waals surface area contributed by atoms with Crippen molar-refractivity contribution in [2.45, 2.75) is 77.3 Å². The molecule has 1 aliphatic rings. The molecule has 0 aromatic heterocycles. The molecule has 0 saturated heterocycles. The predicted molar refractivity (Wildman–Crippen MR) is 76.5 cm³/mol. The van der Waals surface area contributed by atoms with E-state index in [2.05, 4.69) is 34.7 Å². The summed E-state index contributed by atoms with van der Waals surface area (Å²) in [6, 6.07) is 0.957. The van der Waals surface area contributed by atoms with Crippen molar-refractivity contribution in [2.24, 2.45) is 0 Å². The minimum atomic E-state index is 0.289. The van der Waals surface area contributed by atoms with Crippen molar-refractivity contribution < 1.29 is 4.79 Å². The fraction of sp³-hybridized carbons (Fsp3) is 0.929. The highest BCUT2D eigenvalue weighted by Gasteiger charge is 2.29. The van der Waals surface area contributed by atoms with Gasteiger partial charge in [-0.3, -0.25) is 4.79 Å². The van der Waals surface area contributed by atoms with E-state index in [0.29, 0.717) is 17.4 Å². The van der Waals surface area contributed by atoms with Gasteiger partial charge in [-0.05, 0) is 25.7 Å². The second-order valence-electron chi connectivity index (χ2n) is 5.08. The minimum Gasteiger partial charge on any atom is -0.336 e. The van der Waals surface area contributed by atoms with E-state index in [4.69, 9.17) is 0 Å². The summed E-state index contributed by atoms with van der Waals surface area (Å²) >= 11 is 3.34.